The van der Waals surface area contributed by atoms with Gasteiger partial charge in [0.1, 0.15) is 4.66 Å². The fourth-order valence-corrected chi connectivity index (χ4v) is 2.89. The molecule has 0 aliphatic heterocycles. The van der Waals surface area contributed by atoms with Crippen molar-refractivity contribution in [2.75, 3.05) is 4.66 Å². The maximum atomic E-state index is 11.7. The monoisotopic (exact) mass is 333 g/mol. The zero-order chi connectivity index (χ0) is 13.8. The Labute approximate surface area is 118 Å². The molecule has 5 heteroatoms. The Bertz CT molecular complexity index is 466. The zero-order valence-electron chi connectivity index (χ0n) is 11.0. The maximum Gasteiger partial charge on any atom is 0.222 e. The molecule has 0 aromatic heterocycles. The van der Waals surface area contributed by atoms with Gasteiger partial charge < -0.3 is 0 Å². The molecular formula is C13H20BrNO2S. The summed E-state index contributed by atoms with van der Waals surface area (Å²) in [5, 5.41) is 0. The smallest absolute Gasteiger partial charge is 0.212 e. The second-order valence-corrected chi connectivity index (χ2v) is 8.63. The van der Waals surface area contributed by atoms with Crippen molar-refractivity contribution in [3.63, 3.8) is 0 Å². The lowest BCUT2D eigenvalue weighted by atomic mass is 9.86. The van der Waals surface area contributed by atoms with E-state index in [0.717, 1.165) is 12.0 Å². The number of hydrogen-bond donors (Lipinski definition) is 1. The van der Waals surface area contributed by atoms with E-state index in [4.69, 9.17) is 0 Å². The van der Waals surface area contributed by atoms with Crippen LogP contribution in [0.4, 0.5) is 0 Å². The van der Waals surface area contributed by atoms with Gasteiger partial charge in [-0.1, -0.05) is 67.0 Å². The summed E-state index contributed by atoms with van der Waals surface area (Å²) in [4.78, 5) is 0. The normalized spacial score (nSPS) is 14.4. The van der Waals surface area contributed by atoms with Crippen LogP contribution in [0.25, 0.3) is 0 Å². The maximum absolute atomic E-state index is 11.7. The molecule has 1 rings (SSSR count). The highest BCUT2D eigenvalue weighted by Crippen LogP contribution is 2.29. The molecule has 0 heterocycles. The standard InChI is InChI=1S/C13H20BrNO2S/c1-13(2,3)9-12(15-18(16,17)10-14)11-7-5-4-6-8-11/h4-8,12,15H,9-10H2,1-3H3. The van der Waals surface area contributed by atoms with Gasteiger partial charge in [-0.2, -0.15) is 0 Å². The van der Waals surface area contributed by atoms with Crippen molar-refractivity contribution in [1.29, 1.82) is 0 Å². The molecule has 0 aliphatic carbocycles. The van der Waals surface area contributed by atoms with Crippen LogP contribution in [0.1, 0.15) is 38.8 Å². The van der Waals surface area contributed by atoms with E-state index in [0.29, 0.717) is 0 Å². The van der Waals surface area contributed by atoms with Gasteiger partial charge in [0.25, 0.3) is 0 Å². The Morgan fingerprint density at radius 3 is 2.22 bits per heavy atom. The molecule has 0 bridgehead atoms. The Morgan fingerprint density at radius 2 is 1.78 bits per heavy atom. The van der Waals surface area contributed by atoms with E-state index in [-0.39, 0.29) is 16.1 Å². The zero-order valence-corrected chi connectivity index (χ0v) is 13.4. The summed E-state index contributed by atoms with van der Waals surface area (Å²) in [5.41, 5.74) is 1.05. The highest BCUT2D eigenvalue weighted by Gasteiger charge is 2.24. The third-order valence-corrected chi connectivity index (χ3v) is 5.22. The van der Waals surface area contributed by atoms with Crippen LogP contribution in [-0.2, 0) is 10.0 Å². The number of halogens is 1. The van der Waals surface area contributed by atoms with Crippen molar-refractivity contribution in [2.45, 2.75) is 33.2 Å². The minimum atomic E-state index is -3.27. The molecule has 0 saturated heterocycles. The van der Waals surface area contributed by atoms with Crippen LogP contribution >= 0.6 is 15.9 Å². The third kappa shape index (κ3) is 5.50. The number of rotatable bonds is 5. The predicted molar refractivity (Wildman–Crippen MR) is 79.1 cm³/mol. The molecule has 1 atom stereocenters. The van der Waals surface area contributed by atoms with Gasteiger partial charge in [0.05, 0.1) is 0 Å². The largest absolute Gasteiger partial charge is 0.222 e. The fourth-order valence-electron chi connectivity index (χ4n) is 1.77. The van der Waals surface area contributed by atoms with Gasteiger partial charge in [0.15, 0.2) is 0 Å². The van der Waals surface area contributed by atoms with E-state index in [9.17, 15) is 8.42 Å². The molecule has 0 aliphatic rings. The first-order chi connectivity index (χ1) is 8.23. The van der Waals surface area contributed by atoms with Crippen LogP contribution in [0, 0.1) is 5.41 Å². The van der Waals surface area contributed by atoms with Crippen LogP contribution < -0.4 is 4.72 Å². The molecule has 1 unspecified atom stereocenters. The van der Waals surface area contributed by atoms with Gasteiger partial charge in [-0.05, 0) is 17.4 Å². The number of alkyl halides is 1. The lowest BCUT2D eigenvalue weighted by Gasteiger charge is -2.26. The Morgan fingerprint density at radius 1 is 1.22 bits per heavy atom. The van der Waals surface area contributed by atoms with E-state index in [1.165, 1.54) is 0 Å². The number of nitrogens with one attached hydrogen (secondary N) is 1. The highest BCUT2D eigenvalue weighted by molar-refractivity contribution is 9.10. The average molecular weight is 334 g/mol. The summed E-state index contributed by atoms with van der Waals surface area (Å²) in [5.74, 6) is 0. The first kappa shape index (κ1) is 15.7. The molecule has 0 amide bonds. The van der Waals surface area contributed by atoms with Gasteiger partial charge in [-0.15, -0.1) is 0 Å². The lowest BCUT2D eigenvalue weighted by Crippen LogP contribution is -2.31. The minimum absolute atomic E-state index is 0.0509. The summed E-state index contributed by atoms with van der Waals surface area (Å²) in [7, 11) is -3.27. The van der Waals surface area contributed by atoms with E-state index in [1.807, 2.05) is 30.3 Å². The molecule has 0 saturated carbocycles. The summed E-state index contributed by atoms with van der Waals surface area (Å²) in [6.45, 7) is 6.31. The van der Waals surface area contributed by atoms with Gasteiger partial charge in [-0.25, -0.2) is 13.1 Å². The Balaban J connectivity index is 2.97. The molecule has 18 heavy (non-hydrogen) atoms. The van der Waals surface area contributed by atoms with Gasteiger partial charge >= 0.3 is 0 Å². The van der Waals surface area contributed by atoms with Crippen LogP contribution in [-0.4, -0.2) is 13.1 Å². The summed E-state index contributed by atoms with van der Waals surface area (Å²) < 4.78 is 26.1. The summed E-state index contributed by atoms with van der Waals surface area (Å²) >= 11 is 3.00. The lowest BCUT2D eigenvalue weighted by molar-refractivity contribution is 0.331. The topological polar surface area (TPSA) is 46.2 Å². The highest BCUT2D eigenvalue weighted by atomic mass is 79.9. The average Bonchev–Trinajstić information content (AvgIpc) is 2.27. The molecular weight excluding hydrogens is 314 g/mol. The third-order valence-electron chi connectivity index (χ3n) is 2.48. The molecule has 1 aromatic carbocycles. The number of sulfonamides is 1. The van der Waals surface area contributed by atoms with Crippen molar-refractivity contribution < 1.29 is 8.42 Å². The van der Waals surface area contributed by atoms with Crippen molar-refractivity contribution in [3.05, 3.63) is 35.9 Å². The van der Waals surface area contributed by atoms with Crippen LogP contribution in [0.5, 0.6) is 0 Å². The van der Waals surface area contributed by atoms with Gasteiger partial charge in [0, 0.05) is 6.04 Å². The van der Waals surface area contributed by atoms with Crippen molar-refractivity contribution >= 4 is 26.0 Å². The van der Waals surface area contributed by atoms with Crippen molar-refractivity contribution in [3.8, 4) is 0 Å². The summed E-state index contributed by atoms with van der Waals surface area (Å²) in [6.07, 6.45) is 0.753. The number of benzene rings is 1. The fraction of sp³-hybridized carbons (Fsp3) is 0.538. The van der Waals surface area contributed by atoms with E-state index < -0.39 is 10.0 Å². The molecule has 3 nitrogen and oxygen atoms in total. The first-order valence-electron chi connectivity index (χ1n) is 5.84. The molecule has 1 aromatic rings. The first-order valence-corrected chi connectivity index (χ1v) is 8.62. The SMILES string of the molecule is CC(C)(C)CC(NS(=O)(=O)CBr)c1ccccc1. The Kier molecular flexibility index (Phi) is 5.37. The van der Waals surface area contributed by atoms with E-state index in [1.54, 1.807) is 0 Å². The van der Waals surface area contributed by atoms with Crippen LogP contribution in [0.15, 0.2) is 30.3 Å². The van der Waals surface area contributed by atoms with Gasteiger partial charge in [0.2, 0.25) is 10.0 Å². The van der Waals surface area contributed by atoms with Gasteiger partial charge in [-0.3, -0.25) is 0 Å². The molecule has 1 N–H and O–H groups in total. The number of hydrogen-bond acceptors (Lipinski definition) is 2. The molecule has 0 spiro atoms. The predicted octanol–water partition coefficient (Wildman–Crippen LogP) is 3.44. The quantitative estimate of drug-likeness (QED) is 0.839. The summed E-state index contributed by atoms with van der Waals surface area (Å²) in [6, 6.07) is 9.49. The molecule has 102 valence electrons. The minimum Gasteiger partial charge on any atom is -0.212 e. The molecule has 0 radical (unpaired) electrons. The van der Waals surface area contributed by atoms with E-state index >= 15 is 0 Å². The van der Waals surface area contributed by atoms with Crippen LogP contribution in [0.3, 0.4) is 0 Å². The van der Waals surface area contributed by atoms with Crippen LogP contribution in [0.2, 0.25) is 0 Å². The van der Waals surface area contributed by atoms with Crippen molar-refractivity contribution in [1.82, 2.24) is 4.72 Å². The van der Waals surface area contributed by atoms with Crippen molar-refractivity contribution in [2.24, 2.45) is 5.41 Å². The van der Waals surface area contributed by atoms with E-state index in [2.05, 4.69) is 41.4 Å². The Hall–Kier alpha value is -0.390. The molecule has 0 fully saturated rings. The second kappa shape index (κ2) is 6.17. The second-order valence-electron chi connectivity index (χ2n) is 5.57.